The Morgan fingerprint density at radius 3 is 2.47 bits per heavy atom. The molecule has 19 heavy (non-hydrogen) atoms. The first-order chi connectivity index (χ1) is 9.00. The van der Waals surface area contributed by atoms with Crippen LogP contribution in [0.1, 0.15) is 20.3 Å². The highest BCUT2D eigenvalue weighted by Gasteiger charge is 2.35. The average Bonchev–Trinajstić information content (AvgIpc) is 2.83. The quantitative estimate of drug-likeness (QED) is 0.752. The first-order valence-electron chi connectivity index (χ1n) is 6.94. The highest BCUT2D eigenvalue weighted by molar-refractivity contribution is 7.80. The van der Waals surface area contributed by atoms with Crippen LogP contribution in [0.4, 0.5) is 0 Å². The van der Waals surface area contributed by atoms with Crippen LogP contribution in [0.15, 0.2) is 0 Å². The molecule has 0 aromatic heterocycles. The molecule has 2 saturated heterocycles. The van der Waals surface area contributed by atoms with Gasteiger partial charge < -0.3 is 15.4 Å². The molecule has 3 unspecified atom stereocenters. The number of ether oxygens (including phenoxy) is 1. The molecule has 2 aliphatic heterocycles. The van der Waals surface area contributed by atoms with Gasteiger partial charge in [0.2, 0.25) is 0 Å². The molecule has 0 radical (unpaired) electrons. The Kier molecular flexibility index (Phi) is 4.76. The van der Waals surface area contributed by atoms with Gasteiger partial charge in [0.15, 0.2) is 0 Å². The second-order valence-electron chi connectivity index (χ2n) is 5.50. The lowest BCUT2D eigenvalue weighted by Gasteiger charge is -2.38. The summed E-state index contributed by atoms with van der Waals surface area (Å²) in [5.41, 5.74) is 5.67. The van der Waals surface area contributed by atoms with Gasteiger partial charge in [-0.3, -0.25) is 9.69 Å². The van der Waals surface area contributed by atoms with E-state index >= 15 is 0 Å². The summed E-state index contributed by atoms with van der Waals surface area (Å²) in [5, 5.41) is 0. The number of piperazine rings is 1. The maximum atomic E-state index is 12.4. The lowest BCUT2D eigenvalue weighted by atomic mass is 10.0. The molecule has 6 heteroatoms. The van der Waals surface area contributed by atoms with Crippen molar-refractivity contribution in [3.05, 3.63) is 0 Å². The molecular weight excluding hydrogens is 262 g/mol. The molecule has 108 valence electrons. The largest absolute Gasteiger partial charge is 0.392 e. The number of carbonyl (C=O) groups is 1. The molecule has 5 nitrogen and oxygen atoms in total. The van der Waals surface area contributed by atoms with Gasteiger partial charge in [-0.25, -0.2) is 0 Å². The molecule has 2 fully saturated rings. The van der Waals surface area contributed by atoms with Crippen LogP contribution in [0, 0.1) is 5.92 Å². The van der Waals surface area contributed by atoms with E-state index in [0.29, 0.717) is 17.5 Å². The van der Waals surface area contributed by atoms with Crippen molar-refractivity contribution in [2.24, 2.45) is 11.7 Å². The molecule has 1 amide bonds. The van der Waals surface area contributed by atoms with Gasteiger partial charge in [0.1, 0.15) is 6.10 Å². The lowest BCUT2D eigenvalue weighted by molar-refractivity contribution is -0.144. The summed E-state index contributed by atoms with van der Waals surface area (Å²) in [6, 6.07) is 0.105. The Morgan fingerprint density at radius 1 is 1.37 bits per heavy atom. The molecular formula is C13H23N3O2S. The van der Waals surface area contributed by atoms with Gasteiger partial charge in [-0.2, -0.15) is 0 Å². The zero-order valence-electron chi connectivity index (χ0n) is 11.7. The predicted molar refractivity (Wildman–Crippen MR) is 77.9 cm³/mol. The summed E-state index contributed by atoms with van der Waals surface area (Å²) in [7, 11) is 0. The fourth-order valence-corrected chi connectivity index (χ4v) is 2.85. The zero-order chi connectivity index (χ0) is 14.0. The van der Waals surface area contributed by atoms with Gasteiger partial charge in [0.25, 0.3) is 5.91 Å². The topological polar surface area (TPSA) is 58.8 Å². The van der Waals surface area contributed by atoms with E-state index in [1.54, 1.807) is 0 Å². The van der Waals surface area contributed by atoms with Gasteiger partial charge >= 0.3 is 0 Å². The number of nitrogens with two attached hydrogens (primary N) is 1. The van der Waals surface area contributed by atoms with Crippen LogP contribution in [0.3, 0.4) is 0 Å². The monoisotopic (exact) mass is 285 g/mol. The lowest BCUT2D eigenvalue weighted by Crippen LogP contribution is -2.55. The van der Waals surface area contributed by atoms with Crippen LogP contribution >= 0.6 is 12.2 Å². The molecule has 2 rings (SSSR count). The molecule has 0 bridgehead atoms. The van der Waals surface area contributed by atoms with E-state index in [-0.39, 0.29) is 18.1 Å². The van der Waals surface area contributed by atoms with Crippen molar-refractivity contribution >= 4 is 23.1 Å². The number of thiocarbonyl (C=S) groups is 1. The minimum absolute atomic E-state index is 0.105. The van der Waals surface area contributed by atoms with Crippen molar-refractivity contribution in [1.29, 1.82) is 0 Å². The van der Waals surface area contributed by atoms with Crippen molar-refractivity contribution in [3.8, 4) is 0 Å². The first kappa shape index (κ1) is 14.7. The van der Waals surface area contributed by atoms with Crippen molar-refractivity contribution in [3.63, 3.8) is 0 Å². The number of carbonyl (C=O) groups excluding carboxylic acids is 1. The van der Waals surface area contributed by atoms with Gasteiger partial charge in [-0.15, -0.1) is 0 Å². The minimum Gasteiger partial charge on any atom is -0.392 e. The molecule has 3 atom stereocenters. The molecule has 0 aliphatic carbocycles. The van der Waals surface area contributed by atoms with E-state index in [1.807, 2.05) is 11.8 Å². The summed E-state index contributed by atoms with van der Waals surface area (Å²) in [6.07, 6.45) is 0.744. The van der Waals surface area contributed by atoms with E-state index in [2.05, 4.69) is 11.8 Å². The van der Waals surface area contributed by atoms with Crippen molar-refractivity contribution in [1.82, 2.24) is 9.80 Å². The summed E-state index contributed by atoms with van der Waals surface area (Å²) in [5.74, 6) is 0.480. The van der Waals surface area contributed by atoms with Gasteiger partial charge in [-0.1, -0.05) is 19.1 Å². The van der Waals surface area contributed by atoms with Crippen molar-refractivity contribution < 1.29 is 9.53 Å². The van der Waals surface area contributed by atoms with Crippen molar-refractivity contribution in [2.75, 3.05) is 32.8 Å². The Labute approximate surface area is 120 Å². The van der Waals surface area contributed by atoms with Gasteiger partial charge in [0.05, 0.1) is 11.0 Å². The highest BCUT2D eigenvalue weighted by atomic mass is 32.1. The zero-order valence-corrected chi connectivity index (χ0v) is 12.5. The first-order valence-corrected chi connectivity index (χ1v) is 7.35. The van der Waals surface area contributed by atoms with Crippen LogP contribution in [0.5, 0.6) is 0 Å². The molecule has 2 heterocycles. The Hall–Kier alpha value is -0.720. The molecule has 0 aromatic carbocycles. The van der Waals surface area contributed by atoms with Gasteiger partial charge in [-0.05, 0) is 19.3 Å². The summed E-state index contributed by atoms with van der Waals surface area (Å²) < 4.78 is 5.55. The Balaban J connectivity index is 1.86. The second-order valence-corrected chi connectivity index (χ2v) is 5.97. The fraction of sp³-hybridized carbons (Fsp3) is 0.846. The minimum atomic E-state index is -0.237. The number of hydrogen-bond donors (Lipinski definition) is 1. The average molecular weight is 285 g/mol. The smallest absolute Gasteiger partial charge is 0.252 e. The Bertz CT molecular complexity index is 356. The number of rotatable bonds is 3. The fourth-order valence-electron chi connectivity index (χ4n) is 2.70. The van der Waals surface area contributed by atoms with Gasteiger partial charge in [0, 0.05) is 32.8 Å². The van der Waals surface area contributed by atoms with E-state index in [1.165, 1.54) is 0 Å². The summed E-state index contributed by atoms with van der Waals surface area (Å²) in [4.78, 5) is 17.0. The van der Waals surface area contributed by atoms with Crippen LogP contribution in [0.2, 0.25) is 0 Å². The van der Waals surface area contributed by atoms with Crippen LogP contribution in [-0.4, -0.2) is 65.6 Å². The number of amides is 1. The third kappa shape index (κ3) is 3.24. The summed E-state index contributed by atoms with van der Waals surface area (Å²) >= 11 is 5.02. The third-order valence-corrected chi connectivity index (χ3v) is 4.56. The maximum Gasteiger partial charge on any atom is 0.252 e. The predicted octanol–water partition coefficient (Wildman–Crippen LogP) is 0.230. The maximum absolute atomic E-state index is 12.4. The molecule has 2 N–H and O–H groups in total. The van der Waals surface area contributed by atoms with E-state index in [4.69, 9.17) is 22.7 Å². The standard InChI is InChI=1S/C13H23N3O2S/c1-9-3-8-18-11(9)13(17)16-6-4-15(5-7-16)10(2)12(14)19/h9-11H,3-8H2,1-2H3,(H2,14,19). The number of hydrogen-bond acceptors (Lipinski definition) is 4. The molecule has 0 spiro atoms. The van der Waals surface area contributed by atoms with E-state index < -0.39 is 0 Å². The van der Waals surface area contributed by atoms with Crippen LogP contribution < -0.4 is 5.73 Å². The molecule has 0 saturated carbocycles. The summed E-state index contributed by atoms with van der Waals surface area (Å²) in [6.45, 7) is 7.92. The SMILES string of the molecule is CC1CCOC1C(=O)N1CCN(C(C)C(N)=S)CC1. The Morgan fingerprint density at radius 2 is 2.00 bits per heavy atom. The van der Waals surface area contributed by atoms with Crippen LogP contribution in [-0.2, 0) is 9.53 Å². The van der Waals surface area contributed by atoms with E-state index in [9.17, 15) is 4.79 Å². The van der Waals surface area contributed by atoms with E-state index in [0.717, 1.165) is 32.6 Å². The van der Waals surface area contributed by atoms with Crippen molar-refractivity contribution in [2.45, 2.75) is 32.4 Å². The normalized spacial score (nSPS) is 30.3. The second kappa shape index (κ2) is 6.15. The van der Waals surface area contributed by atoms with Crippen LogP contribution in [0.25, 0.3) is 0 Å². The number of nitrogens with zero attached hydrogens (tertiary/aromatic N) is 2. The highest BCUT2D eigenvalue weighted by Crippen LogP contribution is 2.22. The third-order valence-electron chi connectivity index (χ3n) is 4.22. The molecule has 0 aromatic rings. The molecule has 2 aliphatic rings.